The number of ether oxygens (including phenoxy) is 2. The van der Waals surface area contributed by atoms with E-state index in [4.69, 9.17) is 9.47 Å². The van der Waals surface area contributed by atoms with Crippen LogP contribution < -0.4 is 20.3 Å². The van der Waals surface area contributed by atoms with Crippen LogP contribution in [0.3, 0.4) is 0 Å². The lowest BCUT2D eigenvalue weighted by Gasteiger charge is -2.25. The van der Waals surface area contributed by atoms with Gasteiger partial charge in [-0.15, -0.1) is 6.58 Å². The molecule has 0 spiro atoms. The molecule has 0 unspecified atom stereocenters. The van der Waals surface area contributed by atoms with Gasteiger partial charge in [0.2, 0.25) is 5.91 Å². The molecule has 2 aromatic rings. The van der Waals surface area contributed by atoms with Crippen LogP contribution in [0.2, 0.25) is 0 Å². The summed E-state index contributed by atoms with van der Waals surface area (Å²) in [4.78, 5) is 32.2. The molecule has 1 aromatic heterocycles. The number of fused-ring (bicyclic) bond motifs is 1. The maximum absolute atomic E-state index is 12.7. The van der Waals surface area contributed by atoms with E-state index in [9.17, 15) is 9.59 Å². The lowest BCUT2D eigenvalue weighted by atomic mass is 9.86. The Bertz CT molecular complexity index is 926. The Kier molecular flexibility index (Phi) is 5.85. The van der Waals surface area contributed by atoms with Crippen molar-refractivity contribution in [3.8, 4) is 11.5 Å². The van der Waals surface area contributed by atoms with Gasteiger partial charge < -0.3 is 19.8 Å². The lowest BCUT2D eigenvalue weighted by molar-refractivity contribution is -0.116. The highest BCUT2D eigenvalue weighted by Gasteiger charge is 2.31. The number of aromatic nitrogens is 2. The second-order valence-corrected chi connectivity index (χ2v) is 6.89. The van der Waals surface area contributed by atoms with Crippen molar-refractivity contribution >= 4 is 23.5 Å². The van der Waals surface area contributed by atoms with Crippen LogP contribution in [0.5, 0.6) is 11.5 Å². The Morgan fingerprint density at radius 2 is 2.19 bits per heavy atom. The molecular formula is C19H21N3O4S. The molecule has 2 heterocycles. The molecule has 0 saturated heterocycles. The van der Waals surface area contributed by atoms with Crippen molar-refractivity contribution in [2.24, 2.45) is 0 Å². The van der Waals surface area contributed by atoms with Gasteiger partial charge in [0.25, 0.3) is 5.56 Å². The first-order valence-corrected chi connectivity index (χ1v) is 9.54. The highest BCUT2D eigenvalue weighted by atomic mass is 32.2. The lowest BCUT2D eigenvalue weighted by Crippen LogP contribution is -2.31. The molecule has 8 heteroatoms. The molecule has 1 aliphatic rings. The number of carbonyl (C=O) groups excluding carboxylic acids is 1. The summed E-state index contributed by atoms with van der Waals surface area (Å²) >= 11 is 1.35. The number of H-pyrrole nitrogens is 1. The summed E-state index contributed by atoms with van der Waals surface area (Å²) in [5.74, 6) is 1.50. The van der Waals surface area contributed by atoms with Crippen molar-refractivity contribution in [2.75, 3.05) is 24.8 Å². The van der Waals surface area contributed by atoms with E-state index in [1.165, 1.54) is 11.8 Å². The number of hydrogen-bond acceptors (Lipinski definition) is 6. The van der Waals surface area contributed by atoms with E-state index in [-0.39, 0.29) is 17.9 Å². The van der Waals surface area contributed by atoms with Crippen molar-refractivity contribution in [2.45, 2.75) is 24.4 Å². The largest absolute Gasteiger partial charge is 0.493 e. The van der Waals surface area contributed by atoms with Crippen molar-refractivity contribution in [3.05, 3.63) is 52.3 Å². The van der Waals surface area contributed by atoms with Gasteiger partial charge in [-0.05, 0) is 24.6 Å². The zero-order valence-electron chi connectivity index (χ0n) is 15.2. The smallest absolute Gasteiger partial charge is 0.257 e. The molecule has 27 heavy (non-hydrogen) atoms. The number of amides is 1. The number of carbonyl (C=O) groups is 1. The highest BCUT2D eigenvalue weighted by Crippen LogP contribution is 2.38. The molecule has 0 aliphatic carbocycles. The average molecular weight is 387 g/mol. The molecule has 3 rings (SSSR count). The third-order valence-electron chi connectivity index (χ3n) is 4.16. The Morgan fingerprint density at radius 1 is 1.37 bits per heavy atom. The molecule has 0 saturated carbocycles. The van der Waals surface area contributed by atoms with Gasteiger partial charge in [-0.2, -0.15) is 0 Å². The van der Waals surface area contributed by atoms with E-state index in [1.807, 2.05) is 19.1 Å². The van der Waals surface area contributed by atoms with Crippen LogP contribution >= 0.6 is 11.8 Å². The van der Waals surface area contributed by atoms with Crippen LogP contribution in [0.25, 0.3) is 0 Å². The molecule has 1 aromatic carbocycles. The Labute approximate surface area is 161 Å². The van der Waals surface area contributed by atoms with Crippen molar-refractivity contribution < 1.29 is 14.3 Å². The number of benzene rings is 1. The maximum Gasteiger partial charge on any atom is 0.257 e. The predicted octanol–water partition coefficient (Wildman–Crippen LogP) is 2.93. The monoisotopic (exact) mass is 387 g/mol. The van der Waals surface area contributed by atoms with E-state index in [0.717, 1.165) is 5.56 Å². The van der Waals surface area contributed by atoms with Gasteiger partial charge in [0.1, 0.15) is 5.82 Å². The SMILES string of the molecule is C=CCSc1nc2c(c(=O)[nH]1)[C@H](c1ccc(OC)c(OCC)c1)CC(=O)N2. The summed E-state index contributed by atoms with van der Waals surface area (Å²) in [5, 5.41) is 3.16. The van der Waals surface area contributed by atoms with E-state index >= 15 is 0 Å². The van der Waals surface area contributed by atoms with Gasteiger partial charge in [-0.1, -0.05) is 23.9 Å². The van der Waals surface area contributed by atoms with Crippen LogP contribution in [0.4, 0.5) is 5.82 Å². The summed E-state index contributed by atoms with van der Waals surface area (Å²) in [7, 11) is 1.57. The zero-order valence-corrected chi connectivity index (χ0v) is 16.0. The molecular weight excluding hydrogens is 366 g/mol. The molecule has 1 aliphatic heterocycles. The fourth-order valence-electron chi connectivity index (χ4n) is 3.02. The molecule has 142 valence electrons. The minimum absolute atomic E-state index is 0.162. The van der Waals surface area contributed by atoms with Gasteiger partial charge >= 0.3 is 0 Å². The second kappa shape index (κ2) is 8.30. The first-order valence-electron chi connectivity index (χ1n) is 8.55. The van der Waals surface area contributed by atoms with Crippen molar-refractivity contribution in [1.82, 2.24) is 9.97 Å². The number of anilines is 1. The Morgan fingerprint density at radius 3 is 2.89 bits per heavy atom. The van der Waals surface area contributed by atoms with E-state index in [1.54, 1.807) is 19.3 Å². The third kappa shape index (κ3) is 4.00. The number of nitrogens with one attached hydrogen (secondary N) is 2. The second-order valence-electron chi connectivity index (χ2n) is 5.88. The highest BCUT2D eigenvalue weighted by molar-refractivity contribution is 7.99. The summed E-state index contributed by atoms with van der Waals surface area (Å²) < 4.78 is 10.9. The van der Waals surface area contributed by atoms with Gasteiger partial charge in [0, 0.05) is 18.1 Å². The zero-order chi connectivity index (χ0) is 19.4. The molecule has 2 N–H and O–H groups in total. The van der Waals surface area contributed by atoms with Crippen LogP contribution in [-0.2, 0) is 4.79 Å². The molecule has 0 radical (unpaired) electrons. The maximum atomic E-state index is 12.7. The standard InChI is InChI=1S/C19H21N3O4S/c1-4-8-27-19-21-17-16(18(24)22-19)12(10-15(23)20-17)11-6-7-13(25-3)14(9-11)26-5-2/h4,6-7,9,12H,1,5,8,10H2,2-3H3,(H2,20,21,22,23,24)/t12-/m0/s1. The van der Waals surface area contributed by atoms with Crippen molar-refractivity contribution in [1.29, 1.82) is 0 Å². The molecule has 1 atom stereocenters. The van der Waals surface area contributed by atoms with Gasteiger partial charge in [0.15, 0.2) is 16.7 Å². The average Bonchev–Trinajstić information content (AvgIpc) is 2.65. The normalized spacial score (nSPS) is 15.6. The number of aromatic amines is 1. The fraction of sp³-hybridized carbons (Fsp3) is 0.316. The Balaban J connectivity index is 2.06. The minimum Gasteiger partial charge on any atom is -0.493 e. The minimum atomic E-state index is -0.409. The summed E-state index contributed by atoms with van der Waals surface area (Å²) in [6.45, 7) is 6.02. The van der Waals surface area contributed by atoms with Gasteiger partial charge in [-0.3, -0.25) is 9.59 Å². The fourth-order valence-corrected chi connectivity index (χ4v) is 3.62. The summed E-state index contributed by atoms with van der Waals surface area (Å²) in [5.41, 5.74) is 0.990. The summed E-state index contributed by atoms with van der Waals surface area (Å²) in [6.07, 6.45) is 1.88. The molecule has 0 bridgehead atoms. The Hall–Kier alpha value is -2.74. The quantitative estimate of drug-likeness (QED) is 0.431. The number of hydrogen-bond donors (Lipinski definition) is 2. The van der Waals surface area contributed by atoms with Crippen LogP contribution in [0.15, 0.2) is 40.8 Å². The van der Waals surface area contributed by atoms with Crippen LogP contribution in [-0.4, -0.2) is 35.3 Å². The van der Waals surface area contributed by atoms with Gasteiger partial charge in [0.05, 0.1) is 19.3 Å². The van der Waals surface area contributed by atoms with Crippen molar-refractivity contribution in [3.63, 3.8) is 0 Å². The predicted molar refractivity (Wildman–Crippen MR) is 105 cm³/mol. The summed E-state index contributed by atoms with van der Waals surface area (Å²) in [6, 6.07) is 5.44. The topological polar surface area (TPSA) is 93.3 Å². The van der Waals surface area contributed by atoms with E-state index < -0.39 is 5.92 Å². The van der Waals surface area contributed by atoms with E-state index in [0.29, 0.717) is 40.4 Å². The van der Waals surface area contributed by atoms with E-state index in [2.05, 4.69) is 21.9 Å². The first-order chi connectivity index (χ1) is 13.1. The molecule has 1 amide bonds. The molecule has 7 nitrogen and oxygen atoms in total. The number of rotatable bonds is 7. The number of thioether (sulfide) groups is 1. The van der Waals surface area contributed by atoms with Crippen LogP contribution in [0.1, 0.15) is 30.4 Å². The first kappa shape index (κ1) is 19.0. The molecule has 0 fully saturated rings. The van der Waals surface area contributed by atoms with Crippen LogP contribution in [0, 0.1) is 0 Å². The third-order valence-corrected chi connectivity index (χ3v) is 5.03. The number of nitrogens with zero attached hydrogens (tertiary/aromatic N) is 1. The van der Waals surface area contributed by atoms with Gasteiger partial charge in [-0.25, -0.2) is 4.98 Å². The number of methoxy groups -OCH3 is 1.